The molecule has 5 nitrogen and oxygen atoms in total. The van der Waals surface area contributed by atoms with Crippen LogP contribution < -0.4 is 9.64 Å². The largest absolute Gasteiger partial charge is 0.423 e. The number of hydrogen-bond donors (Lipinski definition) is 0. The number of carbonyl (C=O) groups excluding carboxylic acids is 1. The average Bonchev–Trinajstić information content (AvgIpc) is 2.75. The van der Waals surface area contributed by atoms with Crippen molar-refractivity contribution in [2.24, 2.45) is 0 Å². The first-order chi connectivity index (χ1) is 14.5. The molecule has 1 aromatic heterocycles. The minimum Gasteiger partial charge on any atom is -0.423 e. The Kier molecular flexibility index (Phi) is 5.57. The van der Waals surface area contributed by atoms with Crippen molar-refractivity contribution < 1.29 is 13.9 Å². The highest BCUT2D eigenvalue weighted by atomic mass is 19.1. The lowest BCUT2D eigenvalue weighted by molar-refractivity contribution is 0.0729. The smallest absolute Gasteiger partial charge is 0.346 e. The van der Waals surface area contributed by atoms with Gasteiger partial charge in [0, 0.05) is 25.5 Å². The number of nitrogens with zero attached hydrogens (tertiary/aromatic N) is 3. The second-order valence-electron chi connectivity index (χ2n) is 7.34. The molecule has 0 bridgehead atoms. The first-order valence-electron chi connectivity index (χ1n) is 9.80. The van der Waals surface area contributed by atoms with Crippen molar-refractivity contribution in [2.75, 3.05) is 18.0 Å². The summed E-state index contributed by atoms with van der Waals surface area (Å²) in [5.74, 6) is -0.0384. The lowest BCUT2D eigenvalue weighted by atomic mass is 9.95. The van der Waals surface area contributed by atoms with Crippen LogP contribution in [0.3, 0.4) is 0 Å². The predicted molar refractivity (Wildman–Crippen MR) is 114 cm³/mol. The summed E-state index contributed by atoms with van der Waals surface area (Å²) in [6.07, 6.45) is 6.07. The van der Waals surface area contributed by atoms with E-state index in [1.165, 1.54) is 17.2 Å². The number of carbonyl (C=O) groups is 1. The van der Waals surface area contributed by atoms with E-state index in [-0.39, 0.29) is 5.56 Å². The number of halogens is 1. The van der Waals surface area contributed by atoms with Gasteiger partial charge in [0.1, 0.15) is 17.4 Å². The molecule has 0 aliphatic carbocycles. The molecule has 0 spiro atoms. The SMILES string of the molecule is CC1=C(c2ccc(OC(=O)c3c(C)cccc3F)cc2)CN(c2cnccn2)CC1. The van der Waals surface area contributed by atoms with Crippen molar-refractivity contribution in [3.63, 3.8) is 0 Å². The number of aromatic nitrogens is 2. The number of hydrogen-bond acceptors (Lipinski definition) is 5. The highest BCUT2D eigenvalue weighted by Crippen LogP contribution is 2.29. The summed E-state index contributed by atoms with van der Waals surface area (Å²) < 4.78 is 19.4. The van der Waals surface area contributed by atoms with Gasteiger partial charge < -0.3 is 9.64 Å². The summed E-state index contributed by atoms with van der Waals surface area (Å²) in [4.78, 5) is 23.2. The summed E-state index contributed by atoms with van der Waals surface area (Å²) in [6.45, 7) is 5.45. The van der Waals surface area contributed by atoms with E-state index in [1.807, 2.05) is 12.1 Å². The standard InChI is InChI=1S/C24H22FN3O2/c1-16-10-13-28(22-14-26-11-12-27-22)15-20(16)18-6-8-19(9-7-18)30-24(29)23-17(2)4-3-5-21(23)25/h3-9,11-12,14H,10,13,15H2,1-2H3. The molecular weight excluding hydrogens is 381 g/mol. The van der Waals surface area contributed by atoms with Crippen molar-refractivity contribution in [2.45, 2.75) is 20.3 Å². The van der Waals surface area contributed by atoms with Crippen molar-refractivity contribution in [3.8, 4) is 5.75 Å². The Hall–Kier alpha value is -3.54. The van der Waals surface area contributed by atoms with Gasteiger partial charge in [-0.15, -0.1) is 0 Å². The Labute approximate surface area is 174 Å². The minimum atomic E-state index is -0.694. The van der Waals surface area contributed by atoms with Gasteiger partial charge in [0.2, 0.25) is 0 Å². The Morgan fingerprint density at radius 1 is 1.10 bits per heavy atom. The molecule has 30 heavy (non-hydrogen) atoms. The zero-order chi connectivity index (χ0) is 21.1. The van der Waals surface area contributed by atoms with Crippen LogP contribution >= 0.6 is 0 Å². The summed E-state index contributed by atoms with van der Waals surface area (Å²) >= 11 is 0. The van der Waals surface area contributed by atoms with Crippen LogP contribution in [0.5, 0.6) is 5.75 Å². The number of benzene rings is 2. The normalized spacial score (nSPS) is 14.0. The first kappa shape index (κ1) is 19.8. The average molecular weight is 403 g/mol. The molecule has 4 rings (SSSR count). The molecule has 2 aromatic carbocycles. The third-order valence-corrected chi connectivity index (χ3v) is 5.33. The maximum Gasteiger partial charge on any atom is 0.346 e. The van der Waals surface area contributed by atoms with E-state index in [0.29, 0.717) is 11.3 Å². The molecular formula is C24H22FN3O2. The number of aryl methyl sites for hydroxylation is 1. The van der Waals surface area contributed by atoms with Gasteiger partial charge in [0.25, 0.3) is 0 Å². The molecule has 152 valence electrons. The van der Waals surface area contributed by atoms with Crippen LogP contribution in [-0.2, 0) is 0 Å². The summed E-state index contributed by atoms with van der Waals surface area (Å²) in [5.41, 5.74) is 4.11. The van der Waals surface area contributed by atoms with Gasteiger partial charge in [-0.1, -0.05) is 29.8 Å². The second kappa shape index (κ2) is 8.45. The molecule has 2 heterocycles. The maximum atomic E-state index is 14.0. The van der Waals surface area contributed by atoms with E-state index in [1.54, 1.807) is 49.8 Å². The Balaban J connectivity index is 1.51. The van der Waals surface area contributed by atoms with Crippen molar-refractivity contribution in [3.05, 3.63) is 89.1 Å². The van der Waals surface area contributed by atoms with Crippen LogP contribution in [0.2, 0.25) is 0 Å². The molecule has 0 atom stereocenters. The van der Waals surface area contributed by atoms with Gasteiger partial charge >= 0.3 is 5.97 Å². The Morgan fingerprint density at radius 2 is 1.90 bits per heavy atom. The van der Waals surface area contributed by atoms with E-state index in [9.17, 15) is 9.18 Å². The maximum absolute atomic E-state index is 14.0. The van der Waals surface area contributed by atoms with Gasteiger partial charge in [-0.25, -0.2) is 14.2 Å². The van der Waals surface area contributed by atoms with Gasteiger partial charge in [-0.05, 0) is 55.2 Å². The number of ether oxygens (including phenoxy) is 1. The van der Waals surface area contributed by atoms with E-state index in [0.717, 1.165) is 30.9 Å². The fourth-order valence-corrected chi connectivity index (χ4v) is 3.62. The molecule has 0 unspecified atom stereocenters. The third kappa shape index (κ3) is 4.08. The second-order valence-corrected chi connectivity index (χ2v) is 7.34. The highest BCUT2D eigenvalue weighted by Gasteiger charge is 2.20. The molecule has 0 saturated carbocycles. The summed E-state index contributed by atoms with van der Waals surface area (Å²) in [5, 5.41) is 0. The van der Waals surface area contributed by atoms with E-state index < -0.39 is 11.8 Å². The van der Waals surface area contributed by atoms with Crippen molar-refractivity contribution in [1.29, 1.82) is 0 Å². The number of anilines is 1. The topological polar surface area (TPSA) is 55.3 Å². The van der Waals surface area contributed by atoms with Crippen LogP contribution in [0, 0.1) is 12.7 Å². The van der Waals surface area contributed by atoms with Crippen LogP contribution in [0.15, 0.2) is 66.6 Å². The van der Waals surface area contributed by atoms with E-state index >= 15 is 0 Å². The van der Waals surface area contributed by atoms with Crippen molar-refractivity contribution in [1.82, 2.24) is 9.97 Å². The van der Waals surface area contributed by atoms with E-state index in [2.05, 4.69) is 21.8 Å². The molecule has 0 radical (unpaired) electrons. The Bertz CT molecular complexity index is 1070. The lowest BCUT2D eigenvalue weighted by Gasteiger charge is -2.30. The number of rotatable bonds is 4. The van der Waals surface area contributed by atoms with Gasteiger partial charge in [0.05, 0.1) is 11.8 Å². The fraction of sp³-hybridized carbons (Fsp3) is 0.208. The third-order valence-electron chi connectivity index (χ3n) is 5.33. The highest BCUT2D eigenvalue weighted by molar-refractivity contribution is 5.93. The Morgan fingerprint density at radius 3 is 2.60 bits per heavy atom. The summed E-state index contributed by atoms with van der Waals surface area (Å²) in [6, 6.07) is 11.8. The van der Waals surface area contributed by atoms with E-state index in [4.69, 9.17) is 4.74 Å². The fourth-order valence-electron chi connectivity index (χ4n) is 3.62. The van der Waals surface area contributed by atoms with Gasteiger partial charge in [-0.3, -0.25) is 4.98 Å². The molecule has 0 saturated heterocycles. The molecule has 1 aliphatic heterocycles. The van der Waals surface area contributed by atoms with Crippen LogP contribution in [0.4, 0.5) is 10.2 Å². The molecule has 1 aliphatic rings. The molecule has 0 N–H and O–H groups in total. The van der Waals surface area contributed by atoms with Crippen molar-refractivity contribution >= 4 is 17.4 Å². The molecule has 0 amide bonds. The lowest BCUT2D eigenvalue weighted by Crippen LogP contribution is -2.31. The zero-order valence-corrected chi connectivity index (χ0v) is 16.9. The monoisotopic (exact) mass is 403 g/mol. The number of esters is 1. The van der Waals surface area contributed by atoms with Gasteiger partial charge in [-0.2, -0.15) is 0 Å². The minimum absolute atomic E-state index is 0.0352. The van der Waals surface area contributed by atoms with Gasteiger partial charge in [0.15, 0.2) is 0 Å². The predicted octanol–water partition coefficient (Wildman–Crippen LogP) is 4.83. The zero-order valence-electron chi connectivity index (χ0n) is 16.9. The molecule has 6 heteroatoms. The summed E-state index contributed by atoms with van der Waals surface area (Å²) in [7, 11) is 0. The molecule has 3 aromatic rings. The van der Waals surface area contributed by atoms with Crippen LogP contribution in [0.1, 0.15) is 34.8 Å². The quantitative estimate of drug-likeness (QED) is 0.461. The first-order valence-corrected chi connectivity index (χ1v) is 9.80. The molecule has 0 fully saturated rings. The van der Waals surface area contributed by atoms with Crippen LogP contribution in [-0.4, -0.2) is 29.0 Å². The van der Waals surface area contributed by atoms with Crippen LogP contribution in [0.25, 0.3) is 5.57 Å².